The number of rotatable bonds is 3. The second-order valence-corrected chi connectivity index (χ2v) is 3.71. The first-order chi connectivity index (χ1) is 6.20. The average molecular weight is 263 g/mol. The Morgan fingerprint density at radius 2 is 2.31 bits per heavy atom. The lowest BCUT2D eigenvalue weighted by Crippen LogP contribution is -2.15. The maximum atomic E-state index is 11.3. The largest absolute Gasteiger partial charge is 0.463 e. The smallest absolute Gasteiger partial charge is 0.380 e. The Balaban J connectivity index is 2.94. The van der Waals surface area contributed by atoms with Crippen LogP contribution in [-0.2, 0) is 14.9 Å². The molecule has 70 valence electrons. The number of carbonyl (C=O) groups excluding carboxylic acids is 2. The minimum Gasteiger partial charge on any atom is -0.463 e. The maximum absolute atomic E-state index is 11.3. The summed E-state index contributed by atoms with van der Waals surface area (Å²) in [5.41, 5.74) is 0.820. The van der Waals surface area contributed by atoms with E-state index in [-0.39, 0.29) is 0 Å². The molecule has 1 heterocycles. The number of carbonyl (C=O) groups is 2. The van der Waals surface area contributed by atoms with E-state index < -0.39 is 11.8 Å². The zero-order valence-corrected chi connectivity index (χ0v) is 9.28. The fraction of sp³-hybridized carbons (Fsp3) is 0.250. The van der Waals surface area contributed by atoms with Gasteiger partial charge in [0.1, 0.15) is 0 Å². The van der Waals surface area contributed by atoms with E-state index in [9.17, 15) is 9.59 Å². The molecule has 1 rings (SSSR count). The third kappa shape index (κ3) is 2.16. The molecule has 0 unspecified atom stereocenters. The molecule has 0 N–H and O–H groups in total. The number of esters is 1. The summed E-state index contributed by atoms with van der Waals surface area (Å²) in [6, 6.07) is 1.80. The number of thiophene rings is 1. The van der Waals surface area contributed by atoms with E-state index in [1.807, 2.05) is 0 Å². The standard InChI is InChI=1S/C8H7BrO3S/c1-12-8(11)6(10)7-5(4-9)2-3-13-7/h2-3H,4H2,1H3. The fourth-order valence-electron chi connectivity index (χ4n) is 0.826. The minimum absolute atomic E-state index is 0.448. The number of Topliss-reactive ketones (excluding diaryl/α,β-unsaturated/α-hetero) is 1. The van der Waals surface area contributed by atoms with Gasteiger partial charge in [0.15, 0.2) is 0 Å². The Hall–Kier alpha value is -0.680. The zero-order valence-electron chi connectivity index (χ0n) is 6.87. The van der Waals surface area contributed by atoms with Crippen molar-refractivity contribution in [1.29, 1.82) is 0 Å². The normalized spacial score (nSPS) is 9.69. The van der Waals surface area contributed by atoms with Gasteiger partial charge in [-0.2, -0.15) is 0 Å². The summed E-state index contributed by atoms with van der Waals surface area (Å²) >= 11 is 4.47. The summed E-state index contributed by atoms with van der Waals surface area (Å²) in [5.74, 6) is -1.39. The Bertz CT molecular complexity index is 332. The molecule has 0 amide bonds. The topological polar surface area (TPSA) is 43.4 Å². The van der Waals surface area contributed by atoms with Crippen LogP contribution in [0.25, 0.3) is 0 Å². The molecule has 0 fully saturated rings. The van der Waals surface area contributed by atoms with Crippen molar-refractivity contribution in [1.82, 2.24) is 0 Å². The van der Waals surface area contributed by atoms with Crippen LogP contribution in [0.2, 0.25) is 0 Å². The summed E-state index contributed by atoms with van der Waals surface area (Å²) in [7, 11) is 1.20. The molecule has 0 radical (unpaired) electrons. The van der Waals surface area contributed by atoms with Crippen molar-refractivity contribution >= 4 is 39.0 Å². The molecule has 0 bridgehead atoms. The van der Waals surface area contributed by atoms with Crippen molar-refractivity contribution in [3.63, 3.8) is 0 Å². The van der Waals surface area contributed by atoms with E-state index in [1.165, 1.54) is 18.4 Å². The predicted molar refractivity (Wildman–Crippen MR) is 53.3 cm³/mol. The van der Waals surface area contributed by atoms with Crippen LogP contribution in [0.1, 0.15) is 15.2 Å². The summed E-state index contributed by atoms with van der Waals surface area (Å²) in [4.78, 5) is 22.7. The van der Waals surface area contributed by atoms with Crippen molar-refractivity contribution in [2.75, 3.05) is 7.11 Å². The molecule has 5 heteroatoms. The Labute approximate surface area is 87.8 Å². The summed E-state index contributed by atoms with van der Waals surface area (Å²) in [6.07, 6.45) is 0. The summed E-state index contributed by atoms with van der Waals surface area (Å²) in [6.45, 7) is 0. The molecule has 0 aromatic carbocycles. The van der Waals surface area contributed by atoms with Gasteiger partial charge >= 0.3 is 5.97 Å². The highest BCUT2D eigenvalue weighted by Crippen LogP contribution is 2.20. The van der Waals surface area contributed by atoms with Crippen LogP contribution in [0.4, 0.5) is 0 Å². The van der Waals surface area contributed by atoms with Gasteiger partial charge in [-0.3, -0.25) is 4.79 Å². The Kier molecular flexibility index (Phi) is 3.62. The highest BCUT2D eigenvalue weighted by molar-refractivity contribution is 9.08. The van der Waals surface area contributed by atoms with Crippen LogP contribution >= 0.6 is 27.3 Å². The predicted octanol–water partition coefficient (Wildman–Crippen LogP) is 2.00. The molecule has 0 aliphatic carbocycles. The number of halogens is 1. The van der Waals surface area contributed by atoms with Crippen molar-refractivity contribution in [3.8, 4) is 0 Å². The molecule has 0 atom stereocenters. The van der Waals surface area contributed by atoms with Crippen LogP contribution in [0, 0.1) is 0 Å². The zero-order chi connectivity index (χ0) is 9.84. The first-order valence-corrected chi connectivity index (χ1v) is 5.45. The SMILES string of the molecule is COC(=O)C(=O)c1sccc1CBr. The van der Waals surface area contributed by atoms with Gasteiger partial charge in [0, 0.05) is 5.33 Å². The van der Waals surface area contributed by atoms with Gasteiger partial charge in [0.25, 0.3) is 5.78 Å². The van der Waals surface area contributed by atoms with E-state index in [0.717, 1.165) is 5.56 Å². The van der Waals surface area contributed by atoms with Crippen molar-refractivity contribution in [3.05, 3.63) is 21.9 Å². The van der Waals surface area contributed by atoms with Crippen LogP contribution < -0.4 is 0 Å². The molecule has 0 aliphatic heterocycles. The first-order valence-electron chi connectivity index (χ1n) is 3.45. The van der Waals surface area contributed by atoms with Crippen LogP contribution in [0.3, 0.4) is 0 Å². The van der Waals surface area contributed by atoms with Crippen molar-refractivity contribution in [2.45, 2.75) is 5.33 Å². The highest BCUT2D eigenvalue weighted by Gasteiger charge is 2.20. The number of hydrogen-bond donors (Lipinski definition) is 0. The molecule has 3 nitrogen and oxygen atoms in total. The van der Waals surface area contributed by atoms with Gasteiger partial charge in [0.05, 0.1) is 12.0 Å². The number of hydrogen-bond acceptors (Lipinski definition) is 4. The third-order valence-corrected chi connectivity index (χ3v) is 3.03. The van der Waals surface area contributed by atoms with E-state index in [2.05, 4.69) is 20.7 Å². The van der Waals surface area contributed by atoms with Crippen LogP contribution in [0.15, 0.2) is 11.4 Å². The fourth-order valence-corrected chi connectivity index (χ4v) is 2.33. The lowest BCUT2D eigenvalue weighted by Gasteiger charge is -1.97. The number of alkyl halides is 1. The molecule has 0 aliphatic rings. The minimum atomic E-state index is -0.815. The van der Waals surface area contributed by atoms with E-state index in [1.54, 1.807) is 11.4 Å². The van der Waals surface area contributed by atoms with Gasteiger partial charge in [0.2, 0.25) is 0 Å². The lowest BCUT2D eigenvalue weighted by atomic mass is 10.2. The van der Waals surface area contributed by atoms with Gasteiger partial charge in [-0.15, -0.1) is 11.3 Å². The maximum Gasteiger partial charge on any atom is 0.380 e. The molecule has 1 aromatic rings. The quantitative estimate of drug-likeness (QED) is 0.362. The second-order valence-electron chi connectivity index (χ2n) is 2.23. The lowest BCUT2D eigenvalue weighted by molar-refractivity contribution is -0.135. The van der Waals surface area contributed by atoms with E-state index in [0.29, 0.717) is 10.2 Å². The van der Waals surface area contributed by atoms with Crippen molar-refractivity contribution < 1.29 is 14.3 Å². The van der Waals surface area contributed by atoms with Gasteiger partial charge in [-0.25, -0.2) is 4.79 Å². The molecule has 0 saturated carbocycles. The van der Waals surface area contributed by atoms with Gasteiger partial charge in [-0.05, 0) is 17.0 Å². The number of ketones is 1. The van der Waals surface area contributed by atoms with E-state index in [4.69, 9.17) is 0 Å². The average Bonchev–Trinajstić information content (AvgIpc) is 2.62. The second kappa shape index (κ2) is 4.53. The molecule has 0 saturated heterocycles. The number of ether oxygens (including phenoxy) is 1. The highest BCUT2D eigenvalue weighted by atomic mass is 79.9. The third-order valence-electron chi connectivity index (χ3n) is 1.47. The molecular weight excluding hydrogens is 256 g/mol. The Morgan fingerprint density at radius 3 is 2.85 bits per heavy atom. The molecule has 1 aromatic heterocycles. The van der Waals surface area contributed by atoms with Crippen LogP contribution in [0.5, 0.6) is 0 Å². The summed E-state index contributed by atoms with van der Waals surface area (Å²) in [5, 5.41) is 2.33. The van der Waals surface area contributed by atoms with Crippen LogP contribution in [-0.4, -0.2) is 18.9 Å². The first kappa shape index (κ1) is 10.4. The van der Waals surface area contributed by atoms with Gasteiger partial charge < -0.3 is 4.74 Å². The molecule has 13 heavy (non-hydrogen) atoms. The number of methoxy groups -OCH3 is 1. The van der Waals surface area contributed by atoms with E-state index >= 15 is 0 Å². The summed E-state index contributed by atoms with van der Waals surface area (Å²) < 4.78 is 4.34. The monoisotopic (exact) mass is 262 g/mol. The molecular formula is C8H7BrO3S. The van der Waals surface area contributed by atoms with Gasteiger partial charge in [-0.1, -0.05) is 15.9 Å². The molecule has 0 spiro atoms. The Morgan fingerprint density at radius 1 is 1.62 bits per heavy atom. The van der Waals surface area contributed by atoms with Crippen molar-refractivity contribution in [2.24, 2.45) is 0 Å².